The molecule has 6 aromatic rings. The highest BCUT2D eigenvalue weighted by Crippen LogP contribution is 2.43. The summed E-state index contributed by atoms with van der Waals surface area (Å²) in [5.74, 6) is -3.24. The SMILES string of the molecule is C[C@@H]1Cc2c([nH]c3ccccc23)[C@@H](c2c(F)cc(OCCNC(=O)c3cc(Cc4n[nH]c(=O)c5ccccc45)ccc3F)cc2F)N1CC(C)(C)F. The zero-order valence-corrected chi connectivity index (χ0v) is 28.8. The van der Waals surface area contributed by atoms with Crippen molar-refractivity contribution in [2.75, 3.05) is 19.7 Å². The zero-order valence-electron chi connectivity index (χ0n) is 28.8. The third kappa shape index (κ3) is 6.90. The standard InChI is InChI=1S/C40H37F4N5O3/c1-22-16-28-26-9-6-7-11-33(26)46-36(28)37(49(22)21-40(2,3)44)35-31(42)19-24(20-32(35)43)52-15-14-45-38(50)29-17-23(12-13-30(29)41)18-34-25-8-4-5-10-27(25)39(51)48-47-34/h4-13,17,19-20,22,37,46H,14-16,18,21H2,1-3H3,(H,45,50)(H,48,51)/t22-,37-/m1/s1. The molecule has 52 heavy (non-hydrogen) atoms. The number of amides is 1. The van der Waals surface area contributed by atoms with Crippen LogP contribution >= 0.6 is 0 Å². The van der Waals surface area contributed by atoms with Gasteiger partial charge in [-0.05, 0) is 62.6 Å². The van der Waals surface area contributed by atoms with Crippen LogP contribution in [0.2, 0.25) is 0 Å². The van der Waals surface area contributed by atoms with Crippen molar-refractivity contribution in [1.29, 1.82) is 0 Å². The number of H-pyrrole nitrogens is 2. The smallest absolute Gasteiger partial charge is 0.272 e. The number of carbonyl (C=O) groups is 1. The number of benzene rings is 4. The average Bonchev–Trinajstić information content (AvgIpc) is 3.47. The Bertz CT molecular complexity index is 2340. The Morgan fingerprint density at radius 1 is 0.962 bits per heavy atom. The van der Waals surface area contributed by atoms with E-state index >= 15 is 13.2 Å². The van der Waals surface area contributed by atoms with E-state index < -0.39 is 35.1 Å². The molecule has 0 spiro atoms. The second-order valence-electron chi connectivity index (χ2n) is 13.9. The maximum atomic E-state index is 16.0. The first-order valence-electron chi connectivity index (χ1n) is 17.1. The molecule has 3 heterocycles. The number of nitrogens with one attached hydrogen (secondary N) is 3. The van der Waals surface area contributed by atoms with E-state index in [1.54, 1.807) is 29.2 Å². The fourth-order valence-electron chi connectivity index (χ4n) is 7.19. The number of halogens is 4. The third-order valence-corrected chi connectivity index (χ3v) is 9.48. The number of carbonyl (C=O) groups excluding carboxylic acids is 1. The lowest BCUT2D eigenvalue weighted by molar-refractivity contribution is 0.0642. The van der Waals surface area contributed by atoms with Crippen molar-refractivity contribution in [2.24, 2.45) is 0 Å². The third-order valence-electron chi connectivity index (χ3n) is 9.48. The molecule has 2 atom stereocenters. The van der Waals surface area contributed by atoms with Gasteiger partial charge < -0.3 is 15.0 Å². The van der Waals surface area contributed by atoms with Gasteiger partial charge in [-0.2, -0.15) is 5.10 Å². The number of alkyl halides is 1. The van der Waals surface area contributed by atoms with Crippen molar-refractivity contribution in [3.8, 4) is 5.75 Å². The van der Waals surface area contributed by atoms with Crippen molar-refractivity contribution >= 4 is 27.6 Å². The molecule has 1 aliphatic rings. The van der Waals surface area contributed by atoms with Gasteiger partial charge >= 0.3 is 0 Å². The fourth-order valence-corrected chi connectivity index (χ4v) is 7.19. The minimum absolute atomic E-state index is 0.0467. The highest BCUT2D eigenvalue weighted by molar-refractivity contribution is 5.94. The predicted octanol–water partition coefficient (Wildman–Crippen LogP) is 7.31. The summed E-state index contributed by atoms with van der Waals surface area (Å²) in [6.45, 7) is 4.52. The molecule has 0 unspecified atom stereocenters. The van der Waals surface area contributed by atoms with Gasteiger partial charge in [0, 0.05) is 58.7 Å². The lowest BCUT2D eigenvalue weighted by Gasteiger charge is -2.43. The molecule has 3 N–H and O–H groups in total. The molecule has 0 saturated heterocycles. The second-order valence-corrected chi connectivity index (χ2v) is 13.9. The number of para-hydroxylation sites is 1. The number of hydrogen-bond acceptors (Lipinski definition) is 5. The Morgan fingerprint density at radius 3 is 2.38 bits per heavy atom. The minimum Gasteiger partial charge on any atom is -0.492 e. The normalized spacial score (nSPS) is 16.3. The van der Waals surface area contributed by atoms with E-state index in [1.165, 1.54) is 32.0 Å². The molecule has 268 valence electrons. The average molecular weight is 712 g/mol. The second kappa shape index (κ2) is 13.9. The van der Waals surface area contributed by atoms with Crippen LogP contribution in [0.1, 0.15) is 65.2 Å². The molecule has 0 fully saturated rings. The number of hydrogen-bond donors (Lipinski definition) is 3. The summed E-state index contributed by atoms with van der Waals surface area (Å²) in [7, 11) is 0. The van der Waals surface area contributed by atoms with E-state index in [2.05, 4.69) is 20.5 Å². The van der Waals surface area contributed by atoms with Gasteiger partial charge in [0.05, 0.1) is 29.2 Å². The number of aromatic amines is 2. The van der Waals surface area contributed by atoms with Crippen molar-refractivity contribution in [3.63, 3.8) is 0 Å². The molecule has 7 rings (SSSR count). The molecular formula is C40H37F4N5O3. The maximum Gasteiger partial charge on any atom is 0.272 e. The highest BCUT2D eigenvalue weighted by atomic mass is 19.1. The molecule has 12 heteroatoms. The van der Waals surface area contributed by atoms with Gasteiger partial charge in [-0.25, -0.2) is 22.7 Å². The minimum atomic E-state index is -1.63. The number of aromatic nitrogens is 3. The van der Waals surface area contributed by atoms with E-state index in [-0.39, 0.29) is 54.6 Å². The summed E-state index contributed by atoms with van der Waals surface area (Å²) in [4.78, 5) is 30.3. The summed E-state index contributed by atoms with van der Waals surface area (Å²) in [6.07, 6.45) is 0.818. The van der Waals surface area contributed by atoms with Crippen molar-refractivity contribution in [1.82, 2.24) is 25.4 Å². The van der Waals surface area contributed by atoms with Gasteiger partial charge in [-0.3, -0.25) is 14.5 Å². The van der Waals surface area contributed by atoms with Crippen LogP contribution in [0.5, 0.6) is 5.75 Å². The fraction of sp³-hybridized carbons (Fsp3) is 0.275. The molecule has 2 aromatic heterocycles. The molecule has 8 nitrogen and oxygen atoms in total. The van der Waals surface area contributed by atoms with Crippen LogP contribution in [-0.2, 0) is 12.8 Å². The van der Waals surface area contributed by atoms with E-state index in [1.807, 2.05) is 31.2 Å². The van der Waals surface area contributed by atoms with Crippen LogP contribution in [0.15, 0.2) is 83.7 Å². The van der Waals surface area contributed by atoms with Crippen molar-refractivity contribution in [2.45, 2.75) is 51.4 Å². The molecular weight excluding hydrogens is 674 g/mol. The largest absolute Gasteiger partial charge is 0.492 e. The van der Waals surface area contributed by atoms with Gasteiger partial charge in [0.2, 0.25) is 0 Å². The van der Waals surface area contributed by atoms with Gasteiger partial charge in [0.1, 0.15) is 35.5 Å². The molecule has 0 bridgehead atoms. The van der Waals surface area contributed by atoms with Gasteiger partial charge in [0.25, 0.3) is 11.5 Å². The molecule has 1 amide bonds. The Hall–Kier alpha value is -5.49. The summed E-state index contributed by atoms with van der Waals surface area (Å²) in [5.41, 5.74) is 1.18. The van der Waals surface area contributed by atoms with E-state index in [0.717, 1.165) is 28.6 Å². The number of fused-ring (bicyclic) bond motifs is 4. The number of rotatable bonds is 10. The molecule has 1 aliphatic heterocycles. The van der Waals surface area contributed by atoms with E-state index in [4.69, 9.17) is 4.74 Å². The molecule has 0 saturated carbocycles. The quantitative estimate of drug-likeness (QED) is 0.102. The zero-order chi connectivity index (χ0) is 36.7. The van der Waals surface area contributed by atoms with Crippen molar-refractivity contribution in [3.05, 3.63) is 140 Å². The summed E-state index contributed by atoms with van der Waals surface area (Å²) in [6, 6.07) is 19.8. The topological polar surface area (TPSA) is 103 Å². The van der Waals surface area contributed by atoms with Crippen LogP contribution < -0.4 is 15.6 Å². The Kier molecular flexibility index (Phi) is 9.35. The number of ether oxygens (including phenoxy) is 1. The first-order chi connectivity index (χ1) is 24.9. The lowest BCUT2D eigenvalue weighted by Crippen LogP contribution is -2.48. The van der Waals surface area contributed by atoms with Crippen LogP contribution in [0.4, 0.5) is 17.6 Å². The Morgan fingerprint density at radius 2 is 1.65 bits per heavy atom. The molecule has 0 aliphatic carbocycles. The van der Waals surface area contributed by atoms with Crippen LogP contribution in [0.25, 0.3) is 21.7 Å². The van der Waals surface area contributed by atoms with Gasteiger partial charge in [-0.15, -0.1) is 0 Å². The van der Waals surface area contributed by atoms with E-state index in [9.17, 15) is 14.0 Å². The maximum absolute atomic E-state index is 16.0. The number of nitrogens with zero attached hydrogens (tertiary/aromatic N) is 2. The Labute approximate surface area is 296 Å². The first-order valence-corrected chi connectivity index (χ1v) is 17.1. The predicted molar refractivity (Wildman–Crippen MR) is 191 cm³/mol. The van der Waals surface area contributed by atoms with Gasteiger partial charge in [0.15, 0.2) is 0 Å². The van der Waals surface area contributed by atoms with E-state index in [0.29, 0.717) is 34.1 Å². The first kappa shape index (κ1) is 34.9. The lowest BCUT2D eigenvalue weighted by atomic mass is 9.87. The summed E-state index contributed by atoms with van der Waals surface area (Å²) < 4.78 is 67.4. The van der Waals surface area contributed by atoms with Crippen LogP contribution in [0, 0.1) is 17.5 Å². The van der Waals surface area contributed by atoms with Crippen LogP contribution in [-0.4, -0.2) is 57.4 Å². The summed E-state index contributed by atoms with van der Waals surface area (Å²) in [5, 5.41) is 11.3. The molecule has 4 aromatic carbocycles. The monoisotopic (exact) mass is 711 g/mol. The van der Waals surface area contributed by atoms with Gasteiger partial charge in [-0.1, -0.05) is 42.5 Å². The summed E-state index contributed by atoms with van der Waals surface area (Å²) >= 11 is 0. The Balaban J connectivity index is 1.05. The van der Waals surface area contributed by atoms with Crippen molar-refractivity contribution < 1.29 is 27.1 Å². The highest BCUT2D eigenvalue weighted by Gasteiger charge is 2.41. The van der Waals surface area contributed by atoms with Crippen LogP contribution in [0.3, 0.4) is 0 Å². The molecule has 0 radical (unpaired) electrons.